The van der Waals surface area contributed by atoms with E-state index >= 15 is 0 Å². The molecule has 0 unspecified atom stereocenters. The molecule has 23 heteroatoms. The smallest absolute Gasteiger partial charge is 0.243 e. The van der Waals surface area contributed by atoms with E-state index < -0.39 is 0 Å². The van der Waals surface area contributed by atoms with Crippen LogP contribution in [0.4, 0.5) is 76.8 Å². The van der Waals surface area contributed by atoms with Gasteiger partial charge in [0.1, 0.15) is 17.3 Å². The molecule has 2 aromatic carbocycles. The summed E-state index contributed by atoms with van der Waals surface area (Å²) in [7, 11) is 0. The van der Waals surface area contributed by atoms with Gasteiger partial charge in [0.15, 0.2) is 0 Å². The summed E-state index contributed by atoms with van der Waals surface area (Å²) < 4.78 is 12.9. The summed E-state index contributed by atoms with van der Waals surface area (Å²) >= 11 is 0. The van der Waals surface area contributed by atoms with Crippen LogP contribution in [0, 0.1) is 6.42 Å². The lowest BCUT2D eigenvalue weighted by atomic mass is 10.1. The molecule has 0 atom stereocenters. The third-order valence-corrected chi connectivity index (χ3v) is 20.5. The van der Waals surface area contributed by atoms with E-state index in [0.29, 0.717) is 82.8 Å². The Labute approximate surface area is 684 Å². The topological polar surface area (TPSA) is 264 Å². The third-order valence-electron chi connectivity index (χ3n) is 20.5. The zero-order valence-electron chi connectivity index (χ0n) is 72.1. The van der Waals surface area contributed by atoms with Crippen molar-refractivity contribution < 1.29 is 9.47 Å². The molecule has 0 aliphatic carbocycles. The minimum Gasteiger partial charge on any atom is -0.458 e. The van der Waals surface area contributed by atoms with Crippen LogP contribution in [0.1, 0.15) is 376 Å². The van der Waals surface area contributed by atoms with Crippen LogP contribution in [0.3, 0.4) is 0 Å². The average molecular weight is 1560 g/mol. The summed E-state index contributed by atoms with van der Waals surface area (Å²) in [6.45, 7) is 23.2. The number of nitrogens with zero attached hydrogens (tertiary/aromatic N) is 14. The molecule has 4 heterocycles. The van der Waals surface area contributed by atoms with Crippen molar-refractivity contribution >= 4 is 76.8 Å². The zero-order chi connectivity index (χ0) is 79.9. The van der Waals surface area contributed by atoms with Crippen LogP contribution in [0.2, 0.25) is 0 Å². The van der Waals surface area contributed by atoms with Crippen molar-refractivity contribution in [2.75, 3.05) is 99.6 Å². The Bertz CT molecular complexity index is 2770. The number of hydrogen-bond donors (Lipinski definition) is 7. The Morgan fingerprint density at radius 2 is 0.434 bits per heavy atom. The SMILES string of the molecule is CCCCCCCC[CH]c1nc(NCCCCCCCC)nc(N(c2ccc(OCOc3ccc(N(c4nc(NCCCCCCCC)nc(NCCCCCCCC)n4)c4nc(NCCCCCCCC)nc(NCCCCCCCC)n4)cc3)cc2)c2nc(NCCCCCCCC)nc(NCCCCCCCC)n2)n1. The molecular formula is C90H154N21O2. The van der Waals surface area contributed by atoms with E-state index in [1.54, 1.807) is 0 Å². The first kappa shape index (κ1) is 94.1. The van der Waals surface area contributed by atoms with Crippen LogP contribution in [0.15, 0.2) is 48.5 Å². The van der Waals surface area contributed by atoms with Gasteiger partial charge in [-0.05, 0) is 99.9 Å². The monoisotopic (exact) mass is 1560 g/mol. The number of aromatic nitrogens is 12. The highest BCUT2D eigenvalue weighted by atomic mass is 16.7. The molecule has 0 bridgehead atoms. The van der Waals surface area contributed by atoms with Gasteiger partial charge in [-0.1, -0.05) is 319 Å². The van der Waals surface area contributed by atoms with Gasteiger partial charge in [-0.15, -0.1) is 0 Å². The standard InChI is InChI=1S/C90H154N21O2/c1-9-17-25-33-41-42-50-58-79-98-80(91-67-51-43-34-26-18-10-2)103-87(99-79)110(88-104-81(92-68-52-44-35-27-19-11-3)100-82(105-88)93-69-53-45-36-28-20-12-4)75-59-63-77(64-60-75)112-74-113-78-65-61-76(62-66-78)111(89-106-83(94-70-54-46-37-29-21-13-5)101-84(107-89)95-71-55-47-38-30-22-14-6)90-108-85(96-72-56-48-39-31-23-15-7)102-86(109-90)97-73-57-49-40-32-24-16-8/h58-66H,9-57,67-74H2,1-8H3,(H,91,98,99,103)(H2,92,93,100,104,105)(H2,94,95,101,106,107)(H2,96,97,102,108,109). The fraction of sp³-hybridized carbons (Fsp3) is 0.722. The zero-order valence-corrected chi connectivity index (χ0v) is 72.1. The summed E-state index contributed by atoms with van der Waals surface area (Å²) in [6, 6.07) is 15.7. The van der Waals surface area contributed by atoms with Crippen molar-refractivity contribution in [2.45, 2.75) is 370 Å². The molecule has 6 aromatic rings. The van der Waals surface area contributed by atoms with E-state index in [4.69, 9.17) is 69.3 Å². The normalized spacial score (nSPS) is 11.3. The second-order valence-electron chi connectivity index (χ2n) is 30.9. The van der Waals surface area contributed by atoms with Gasteiger partial charge in [0.2, 0.25) is 72.2 Å². The molecule has 0 spiro atoms. The van der Waals surface area contributed by atoms with Crippen LogP contribution >= 0.6 is 0 Å². The van der Waals surface area contributed by atoms with Gasteiger partial charge in [-0.3, -0.25) is 0 Å². The first-order valence-electron chi connectivity index (χ1n) is 45.9. The van der Waals surface area contributed by atoms with E-state index in [1.165, 1.54) is 212 Å². The Morgan fingerprint density at radius 3 is 0.673 bits per heavy atom. The predicted molar refractivity (Wildman–Crippen MR) is 476 cm³/mol. The molecule has 0 fully saturated rings. The summed E-state index contributed by atoms with van der Waals surface area (Å²) in [6.07, 6.45) is 59.9. The van der Waals surface area contributed by atoms with Crippen molar-refractivity contribution in [2.24, 2.45) is 0 Å². The van der Waals surface area contributed by atoms with Gasteiger partial charge >= 0.3 is 0 Å². The third kappa shape index (κ3) is 41.4. The van der Waals surface area contributed by atoms with E-state index in [2.05, 4.69) is 99.0 Å². The quantitative estimate of drug-likeness (QED) is 0.0138. The molecule has 1 radical (unpaired) electrons. The second-order valence-corrected chi connectivity index (χ2v) is 30.9. The molecule has 0 saturated carbocycles. The minimum atomic E-state index is -0.0663. The number of anilines is 13. The Kier molecular flexibility index (Phi) is 52.2. The number of benzene rings is 2. The molecular weight excluding hydrogens is 1410 g/mol. The lowest BCUT2D eigenvalue weighted by Crippen LogP contribution is -2.21. The lowest BCUT2D eigenvalue weighted by Gasteiger charge is -2.23. The summed E-state index contributed by atoms with van der Waals surface area (Å²) in [4.78, 5) is 65.4. The van der Waals surface area contributed by atoms with Crippen molar-refractivity contribution in [3.05, 3.63) is 60.8 Å². The maximum Gasteiger partial charge on any atom is 0.243 e. The Balaban J connectivity index is 1.35. The van der Waals surface area contributed by atoms with Crippen molar-refractivity contribution in [3.63, 3.8) is 0 Å². The largest absolute Gasteiger partial charge is 0.458 e. The Hall–Kier alpha value is -7.72. The van der Waals surface area contributed by atoms with E-state index in [-0.39, 0.29) is 6.79 Å². The van der Waals surface area contributed by atoms with Gasteiger partial charge in [-0.2, -0.15) is 59.8 Å². The lowest BCUT2D eigenvalue weighted by molar-refractivity contribution is 0.120. The molecule has 23 nitrogen and oxygen atoms in total. The predicted octanol–water partition coefficient (Wildman–Crippen LogP) is 25.5. The maximum atomic E-state index is 6.45. The van der Waals surface area contributed by atoms with E-state index in [1.807, 2.05) is 58.3 Å². The van der Waals surface area contributed by atoms with Crippen molar-refractivity contribution in [1.29, 1.82) is 0 Å². The van der Waals surface area contributed by atoms with Crippen LogP contribution in [0.25, 0.3) is 0 Å². The van der Waals surface area contributed by atoms with Gasteiger partial charge in [0.05, 0.1) is 11.4 Å². The fourth-order valence-electron chi connectivity index (χ4n) is 13.6. The highest BCUT2D eigenvalue weighted by Gasteiger charge is 2.26. The molecule has 7 N–H and O–H groups in total. The number of unbranched alkanes of at least 4 members (excludes halogenated alkanes) is 41. The molecule has 4 aromatic heterocycles. The Morgan fingerprint density at radius 1 is 0.230 bits per heavy atom. The van der Waals surface area contributed by atoms with Crippen LogP contribution < -0.4 is 56.5 Å². The van der Waals surface area contributed by atoms with Crippen LogP contribution in [-0.4, -0.2) is 112 Å². The first-order valence-corrected chi connectivity index (χ1v) is 45.9. The summed E-state index contributed by atoms with van der Waals surface area (Å²) in [5.41, 5.74) is 1.46. The van der Waals surface area contributed by atoms with Gasteiger partial charge in [0.25, 0.3) is 0 Å². The second kappa shape index (κ2) is 62.6. The van der Waals surface area contributed by atoms with Crippen molar-refractivity contribution in [3.8, 4) is 11.5 Å². The van der Waals surface area contributed by atoms with Crippen LogP contribution in [-0.2, 0) is 0 Å². The fourth-order valence-corrected chi connectivity index (χ4v) is 13.6. The molecule has 0 aliphatic heterocycles. The highest BCUT2D eigenvalue weighted by molar-refractivity contribution is 5.72. The molecule has 0 amide bonds. The van der Waals surface area contributed by atoms with Gasteiger partial charge in [0, 0.05) is 52.2 Å². The molecule has 113 heavy (non-hydrogen) atoms. The average Bonchev–Trinajstić information content (AvgIpc) is 0.794. The van der Waals surface area contributed by atoms with Crippen molar-refractivity contribution in [1.82, 2.24) is 59.8 Å². The number of hydrogen-bond acceptors (Lipinski definition) is 23. The molecule has 6 rings (SSSR count). The maximum absolute atomic E-state index is 6.45. The number of nitrogens with one attached hydrogen (secondary N) is 7. The van der Waals surface area contributed by atoms with E-state index in [0.717, 1.165) is 160 Å². The van der Waals surface area contributed by atoms with E-state index in [9.17, 15) is 0 Å². The van der Waals surface area contributed by atoms with Gasteiger partial charge < -0.3 is 46.7 Å². The number of ether oxygens (including phenoxy) is 2. The van der Waals surface area contributed by atoms with Crippen LogP contribution in [0.5, 0.6) is 11.5 Å². The molecule has 0 saturated heterocycles. The minimum absolute atomic E-state index is 0.0663. The number of rotatable bonds is 74. The summed E-state index contributed by atoms with van der Waals surface area (Å²) in [5, 5.41) is 25.2. The highest BCUT2D eigenvalue weighted by Crippen LogP contribution is 2.36. The summed E-state index contributed by atoms with van der Waals surface area (Å²) in [5.74, 6) is 6.87. The van der Waals surface area contributed by atoms with Gasteiger partial charge in [-0.25, -0.2) is 9.80 Å². The first-order chi connectivity index (χ1) is 55.8. The molecule has 0 aliphatic rings. The molecule has 631 valence electrons.